The molecule has 0 amide bonds. The molecule has 1 heterocycles. The third kappa shape index (κ3) is 4.22. The molecule has 1 aliphatic heterocycles. The summed E-state index contributed by atoms with van der Waals surface area (Å²) >= 11 is 0. The minimum Gasteiger partial charge on any atom is -0.306 e. The van der Waals surface area contributed by atoms with E-state index < -0.39 is 27.4 Å². The van der Waals surface area contributed by atoms with Gasteiger partial charge < -0.3 is 4.90 Å². The predicted molar refractivity (Wildman–Crippen MR) is 72.6 cm³/mol. The highest BCUT2D eigenvalue weighted by Crippen LogP contribution is 2.15. The van der Waals surface area contributed by atoms with Gasteiger partial charge in [-0.05, 0) is 39.0 Å². The first-order valence-corrected chi connectivity index (χ1v) is 8.13. The fourth-order valence-corrected chi connectivity index (χ4v) is 3.74. The third-order valence-corrected chi connectivity index (χ3v) is 4.81. The fraction of sp³-hybridized carbons (Fsp3) is 0.538. The van der Waals surface area contributed by atoms with Crippen LogP contribution in [0.15, 0.2) is 18.2 Å². The van der Waals surface area contributed by atoms with Crippen LogP contribution < -0.4 is 4.72 Å². The number of nitrogens with zero attached hydrogens (tertiary/aromatic N) is 1. The first kappa shape index (κ1) is 15.3. The van der Waals surface area contributed by atoms with Crippen LogP contribution in [0, 0.1) is 11.6 Å². The molecule has 1 aromatic rings. The molecule has 0 saturated carbocycles. The smallest absolute Gasteiger partial charge is 0.216 e. The van der Waals surface area contributed by atoms with Crippen LogP contribution in [0.1, 0.15) is 18.4 Å². The number of benzene rings is 1. The molecule has 0 radical (unpaired) electrons. The average molecular weight is 304 g/mol. The highest BCUT2D eigenvalue weighted by Gasteiger charge is 2.23. The van der Waals surface area contributed by atoms with Gasteiger partial charge in [-0.15, -0.1) is 0 Å². The Morgan fingerprint density at radius 3 is 2.55 bits per heavy atom. The second-order valence-electron chi connectivity index (χ2n) is 5.19. The van der Waals surface area contributed by atoms with Gasteiger partial charge in [0.1, 0.15) is 11.6 Å². The molecule has 20 heavy (non-hydrogen) atoms. The summed E-state index contributed by atoms with van der Waals surface area (Å²) in [5.74, 6) is -2.02. The molecule has 7 heteroatoms. The Morgan fingerprint density at radius 1 is 1.30 bits per heavy atom. The van der Waals surface area contributed by atoms with E-state index in [0.29, 0.717) is 6.07 Å². The van der Waals surface area contributed by atoms with Crippen molar-refractivity contribution in [3.05, 3.63) is 35.4 Å². The van der Waals surface area contributed by atoms with Crippen molar-refractivity contribution >= 4 is 10.0 Å². The van der Waals surface area contributed by atoms with Gasteiger partial charge in [0.15, 0.2) is 0 Å². The standard InChI is InChI=1S/C13H18F2N2O2S/c1-17-6-4-12(5-7-17)16-20(18,19)9-10-2-3-11(14)8-13(10)15/h2-3,8,12,16H,4-7,9H2,1H3. The molecule has 112 valence electrons. The molecular formula is C13H18F2N2O2S. The Balaban J connectivity index is 2.00. The van der Waals surface area contributed by atoms with E-state index >= 15 is 0 Å². The number of piperidine rings is 1. The lowest BCUT2D eigenvalue weighted by atomic mass is 10.1. The van der Waals surface area contributed by atoms with E-state index in [2.05, 4.69) is 9.62 Å². The summed E-state index contributed by atoms with van der Waals surface area (Å²) in [6.45, 7) is 1.66. The lowest BCUT2D eigenvalue weighted by Gasteiger charge is -2.29. The Hall–Kier alpha value is -1.05. The Morgan fingerprint density at radius 2 is 1.95 bits per heavy atom. The maximum atomic E-state index is 13.5. The first-order valence-electron chi connectivity index (χ1n) is 6.48. The second kappa shape index (κ2) is 6.15. The van der Waals surface area contributed by atoms with Crippen molar-refractivity contribution in [2.24, 2.45) is 0 Å². The molecule has 4 nitrogen and oxygen atoms in total. The van der Waals surface area contributed by atoms with Gasteiger partial charge in [0, 0.05) is 17.7 Å². The molecule has 0 spiro atoms. The predicted octanol–water partition coefficient (Wildman–Crippen LogP) is 1.48. The Bertz CT molecular complexity index is 570. The van der Waals surface area contributed by atoms with Gasteiger partial charge in [-0.25, -0.2) is 21.9 Å². The molecular weight excluding hydrogens is 286 g/mol. The second-order valence-corrected chi connectivity index (χ2v) is 6.94. The maximum Gasteiger partial charge on any atom is 0.216 e. The lowest BCUT2D eigenvalue weighted by Crippen LogP contribution is -2.43. The number of hydrogen-bond donors (Lipinski definition) is 1. The molecule has 2 rings (SSSR count). The van der Waals surface area contributed by atoms with E-state index in [9.17, 15) is 17.2 Å². The van der Waals surface area contributed by atoms with Crippen LogP contribution in [0.25, 0.3) is 0 Å². The molecule has 1 saturated heterocycles. The zero-order valence-electron chi connectivity index (χ0n) is 11.3. The minimum absolute atomic E-state index is 0.0215. The SMILES string of the molecule is CN1CCC(NS(=O)(=O)Cc2ccc(F)cc2F)CC1. The molecule has 0 aliphatic carbocycles. The van der Waals surface area contributed by atoms with E-state index in [1.165, 1.54) is 6.07 Å². The molecule has 0 bridgehead atoms. The quantitative estimate of drug-likeness (QED) is 0.916. The summed E-state index contributed by atoms with van der Waals surface area (Å²) < 4.78 is 52.8. The van der Waals surface area contributed by atoms with Crippen LogP contribution in [-0.2, 0) is 15.8 Å². The maximum absolute atomic E-state index is 13.5. The van der Waals surface area contributed by atoms with Crippen LogP contribution in [0.4, 0.5) is 8.78 Å². The van der Waals surface area contributed by atoms with Crippen LogP contribution in [0.3, 0.4) is 0 Å². The van der Waals surface area contributed by atoms with Crippen molar-refractivity contribution in [1.82, 2.24) is 9.62 Å². The summed E-state index contributed by atoms with van der Waals surface area (Å²) in [5.41, 5.74) is -0.0215. The van der Waals surface area contributed by atoms with Crippen LogP contribution in [0.2, 0.25) is 0 Å². The summed E-state index contributed by atoms with van der Waals surface area (Å²) in [6, 6.07) is 2.81. The third-order valence-electron chi connectivity index (χ3n) is 3.43. The molecule has 0 unspecified atom stereocenters. The van der Waals surface area contributed by atoms with Crippen molar-refractivity contribution < 1.29 is 17.2 Å². The summed E-state index contributed by atoms with van der Waals surface area (Å²) in [5, 5.41) is 0. The van der Waals surface area contributed by atoms with Gasteiger partial charge in [0.05, 0.1) is 5.75 Å². The van der Waals surface area contributed by atoms with E-state index in [1.807, 2.05) is 7.05 Å². The van der Waals surface area contributed by atoms with Crippen molar-refractivity contribution in [3.63, 3.8) is 0 Å². The number of rotatable bonds is 4. The zero-order valence-corrected chi connectivity index (χ0v) is 12.1. The molecule has 1 aromatic carbocycles. The molecule has 0 aromatic heterocycles. The van der Waals surface area contributed by atoms with Gasteiger partial charge >= 0.3 is 0 Å². The van der Waals surface area contributed by atoms with Crippen LogP contribution in [0.5, 0.6) is 0 Å². The largest absolute Gasteiger partial charge is 0.306 e. The lowest BCUT2D eigenvalue weighted by molar-refractivity contribution is 0.248. The van der Waals surface area contributed by atoms with Gasteiger partial charge in [-0.3, -0.25) is 0 Å². The zero-order chi connectivity index (χ0) is 14.8. The van der Waals surface area contributed by atoms with Crippen LogP contribution in [-0.4, -0.2) is 39.5 Å². The van der Waals surface area contributed by atoms with E-state index in [0.717, 1.165) is 32.0 Å². The van der Waals surface area contributed by atoms with Gasteiger partial charge in [0.2, 0.25) is 10.0 Å². The van der Waals surface area contributed by atoms with Gasteiger partial charge in [0.25, 0.3) is 0 Å². The molecule has 1 N–H and O–H groups in total. The van der Waals surface area contributed by atoms with E-state index in [1.54, 1.807) is 0 Å². The van der Waals surface area contributed by atoms with Crippen molar-refractivity contribution in [2.75, 3.05) is 20.1 Å². The van der Waals surface area contributed by atoms with Gasteiger partial charge in [-0.2, -0.15) is 0 Å². The first-order chi connectivity index (χ1) is 9.35. The minimum atomic E-state index is -3.62. The monoisotopic (exact) mass is 304 g/mol. The number of hydrogen-bond acceptors (Lipinski definition) is 3. The van der Waals surface area contributed by atoms with E-state index in [4.69, 9.17) is 0 Å². The number of halogens is 2. The highest BCUT2D eigenvalue weighted by atomic mass is 32.2. The normalized spacial score (nSPS) is 18.4. The summed E-state index contributed by atoms with van der Waals surface area (Å²) in [6.07, 6.45) is 1.48. The summed E-state index contributed by atoms with van der Waals surface area (Å²) in [7, 11) is -1.63. The number of sulfonamides is 1. The average Bonchev–Trinajstić information content (AvgIpc) is 2.35. The molecule has 1 aliphatic rings. The van der Waals surface area contributed by atoms with Crippen LogP contribution >= 0.6 is 0 Å². The van der Waals surface area contributed by atoms with Crippen molar-refractivity contribution in [1.29, 1.82) is 0 Å². The topological polar surface area (TPSA) is 49.4 Å². The Kier molecular flexibility index (Phi) is 4.72. The fourth-order valence-electron chi connectivity index (χ4n) is 2.27. The highest BCUT2D eigenvalue weighted by molar-refractivity contribution is 7.88. The number of nitrogens with one attached hydrogen (secondary N) is 1. The Labute approximate surface area is 117 Å². The molecule has 1 fully saturated rings. The van der Waals surface area contributed by atoms with E-state index in [-0.39, 0.29) is 11.6 Å². The number of likely N-dealkylation sites (tertiary alicyclic amines) is 1. The van der Waals surface area contributed by atoms with Crippen molar-refractivity contribution in [2.45, 2.75) is 24.6 Å². The van der Waals surface area contributed by atoms with Crippen molar-refractivity contribution in [3.8, 4) is 0 Å². The summed E-state index contributed by atoms with van der Waals surface area (Å²) in [4.78, 5) is 2.13. The van der Waals surface area contributed by atoms with Gasteiger partial charge in [-0.1, -0.05) is 6.07 Å². The molecule has 0 atom stereocenters.